The van der Waals surface area contributed by atoms with Crippen LogP contribution >= 0.6 is 0 Å². The molecule has 0 saturated carbocycles. The number of ketones is 1. The lowest BCUT2D eigenvalue weighted by Gasteiger charge is -2.21. The van der Waals surface area contributed by atoms with Crippen molar-refractivity contribution in [3.63, 3.8) is 0 Å². The van der Waals surface area contributed by atoms with Crippen molar-refractivity contribution in [3.05, 3.63) is 72.3 Å². The van der Waals surface area contributed by atoms with Crippen LogP contribution in [0.4, 0.5) is 0 Å². The molecule has 188 valence electrons. The van der Waals surface area contributed by atoms with Gasteiger partial charge < -0.3 is 28.8 Å². The number of aliphatic hydroxyl groups is 1. The van der Waals surface area contributed by atoms with Crippen LogP contribution in [-0.2, 0) is 9.53 Å². The fourth-order valence-electron chi connectivity index (χ4n) is 3.52. The molecule has 8 heteroatoms. The first kappa shape index (κ1) is 27.5. The Labute approximate surface area is 205 Å². The van der Waals surface area contributed by atoms with Gasteiger partial charge in [0.25, 0.3) is 0 Å². The first-order chi connectivity index (χ1) is 16.9. The van der Waals surface area contributed by atoms with Crippen LogP contribution in [0.1, 0.15) is 40.7 Å². The Bertz CT molecular complexity index is 1040. The van der Waals surface area contributed by atoms with Gasteiger partial charge in [-0.3, -0.25) is 9.59 Å². The summed E-state index contributed by atoms with van der Waals surface area (Å²) in [4.78, 5) is 26.5. The molecule has 35 heavy (non-hydrogen) atoms. The average Bonchev–Trinajstić information content (AvgIpc) is 2.88. The molecule has 8 nitrogen and oxygen atoms in total. The van der Waals surface area contributed by atoms with Crippen LogP contribution < -0.4 is 18.9 Å². The largest absolute Gasteiger partial charge is 0.493 e. The fourth-order valence-corrected chi connectivity index (χ4v) is 3.52. The number of carbonyl (C=O) groups is 2. The van der Waals surface area contributed by atoms with Crippen molar-refractivity contribution in [3.8, 4) is 23.0 Å². The second kappa shape index (κ2) is 13.8. The topological polar surface area (TPSA) is 101 Å². The molecule has 1 unspecified atom stereocenters. The number of rotatable bonds is 15. The van der Waals surface area contributed by atoms with Crippen LogP contribution in [0.15, 0.2) is 55.6 Å². The van der Waals surface area contributed by atoms with Gasteiger partial charge in [-0.05, 0) is 36.2 Å². The molecule has 2 rings (SSSR count). The lowest BCUT2D eigenvalue weighted by atomic mass is 9.87. The smallest absolute Gasteiger partial charge is 0.313 e. The van der Waals surface area contributed by atoms with Crippen LogP contribution in [0.25, 0.3) is 0 Å². The third-order valence-electron chi connectivity index (χ3n) is 5.10. The zero-order valence-electron chi connectivity index (χ0n) is 20.4. The number of aliphatic hydroxyl groups excluding tert-OH is 1. The maximum absolute atomic E-state index is 13.9. The number of esters is 1. The summed E-state index contributed by atoms with van der Waals surface area (Å²) in [6.07, 6.45) is 3.52. The van der Waals surface area contributed by atoms with E-state index in [2.05, 4.69) is 13.2 Å². The minimum atomic E-state index is -0.735. The van der Waals surface area contributed by atoms with Crippen LogP contribution in [0, 0.1) is 0 Å². The summed E-state index contributed by atoms with van der Waals surface area (Å²) in [5, 5.41) is 9.13. The summed E-state index contributed by atoms with van der Waals surface area (Å²) in [6.45, 7) is 9.35. The van der Waals surface area contributed by atoms with Crippen LogP contribution in [0.5, 0.6) is 23.0 Å². The second-order valence-corrected chi connectivity index (χ2v) is 7.34. The van der Waals surface area contributed by atoms with Gasteiger partial charge in [-0.1, -0.05) is 32.2 Å². The summed E-state index contributed by atoms with van der Waals surface area (Å²) in [5.74, 6) is -0.254. The zero-order valence-corrected chi connectivity index (χ0v) is 20.4. The molecule has 0 heterocycles. The molecule has 0 aliphatic rings. The molecule has 2 aromatic carbocycles. The van der Waals surface area contributed by atoms with E-state index in [-0.39, 0.29) is 43.3 Å². The van der Waals surface area contributed by atoms with E-state index in [0.717, 1.165) is 0 Å². The first-order valence-electron chi connectivity index (χ1n) is 11.1. The van der Waals surface area contributed by atoms with Crippen molar-refractivity contribution >= 4 is 11.8 Å². The van der Waals surface area contributed by atoms with Gasteiger partial charge >= 0.3 is 5.97 Å². The minimum Gasteiger partial charge on any atom is -0.493 e. The molecule has 0 aliphatic carbocycles. The molecule has 0 amide bonds. The van der Waals surface area contributed by atoms with Gasteiger partial charge in [0, 0.05) is 11.6 Å². The normalized spacial score (nSPS) is 11.2. The van der Waals surface area contributed by atoms with Gasteiger partial charge in [0.2, 0.25) is 0 Å². The van der Waals surface area contributed by atoms with Crippen molar-refractivity contribution in [1.29, 1.82) is 0 Å². The molecule has 0 aliphatic heterocycles. The molecule has 0 bridgehead atoms. The Hall–Kier alpha value is -3.78. The van der Waals surface area contributed by atoms with Crippen molar-refractivity contribution in [2.75, 3.05) is 40.6 Å². The highest BCUT2D eigenvalue weighted by Crippen LogP contribution is 2.38. The Kier molecular flexibility index (Phi) is 10.8. The van der Waals surface area contributed by atoms with Gasteiger partial charge in [0.15, 0.2) is 17.3 Å². The van der Waals surface area contributed by atoms with Crippen LogP contribution in [-0.4, -0.2) is 57.5 Å². The Morgan fingerprint density at radius 2 is 1.69 bits per heavy atom. The highest BCUT2D eigenvalue weighted by Gasteiger charge is 2.30. The van der Waals surface area contributed by atoms with E-state index in [9.17, 15) is 9.59 Å². The molecule has 1 N–H and O–H groups in total. The van der Waals surface area contributed by atoms with Crippen molar-refractivity contribution < 1.29 is 38.4 Å². The third-order valence-corrected chi connectivity index (χ3v) is 5.10. The monoisotopic (exact) mass is 484 g/mol. The summed E-state index contributed by atoms with van der Waals surface area (Å²) < 4.78 is 27.4. The predicted molar refractivity (Wildman–Crippen MR) is 132 cm³/mol. The Morgan fingerprint density at radius 3 is 2.29 bits per heavy atom. The van der Waals surface area contributed by atoms with Gasteiger partial charge in [-0.25, -0.2) is 0 Å². The lowest BCUT2D eigenvalue weighted by molar-refractivity contribution is -0.142. The molecule has 1 atom stereocenters. The van der Waals surface area contributed by atoms with E-state index >= 15 is 0 Å². The summed E-state index contributed by atoms with van der Waals surface area (Å²) >= 11 is 0. The number of carbonyl (C=O) groups excluding carboxylic acids is 2. The quantitative estimate of drug-likeness (QED) is 0.229. The number of methoxy groups -OCH3 is 2. The molecule has 0 aromatic heterocycles. The van der Waals surface area contributed by atoms with Crippen molar-refractivity contribution in [1.82, 2.24) is 0 Å². The van der Waals surface area contributed by atoms with Gasteiger partial charge in [-0.2, -0.15) is 0 Å². The lowest BCUT2D eigenvalue weighted by Crippen LogP contribution is -2.19. The zero-order chi connectivity index (χ0) is 25.8. The van der Waals surface area contributed by atoms with E-state index in [1.807, 2.05) is 6.92 Å². The Morgan fingerprint density at radius 1 is 0.971 bits per heavy atom. The number of benzene rings is 2. The summed E-state index contributed by atoms with van der Waals surface area (Å²) in [6, 6.07) is 7.97. The molecule has 0 saturated heterocycles. The number of hydrogen-bond donors (Lipinski definition) is 1. The summed E-state index contributed by atoms with van der Waals surface area (Å²) in [5.41, 5.74) is 0.898. The molecule has 0 fully saturated rings. The second-order valence-electron chi connectivity index (χ2n) is 7.34. The van der Waals surface area contributed by atoms with Crippen LogP contribution in [0.3, 0.4) is 0 Å². The first-order valence-corrected chi connectivity index (χ1v) is 11.1. The highest BCUT2D eigenvalue weighted by atomic mass is 16.5. The Balaban J connectivity index is 2.75. The van der Waals surface area contributed by atoms with E-state index in [0.29, 0.717) is 29.2 Å². The highest BCUT2D eigenvalue weighted by molar-refractivity contribution is 6.13. The van der Waals surface area contributed by atoms with Gasteiger partial charge in [0.1, 0.15) is 31.3 Å². The maximum Gasteiger partial charge on any atom is 0.313 e. The number of hydrogen-bond acceptors (Lipinski definition) is 8. The third kappa shape index (κ3) is 6.86. The summed E-state index contributed by atoms with van der Waals surface area (Å²) in [7, 11) is 2.78. The van der Waals surface area contributed by atoms with E-state index in [4.69, 9.17) is 28.8 Å². The van der Waals surface area contributed by atoms with E-state index in [1.165, 1.54) is 20.3 Å². The van der Waals surface area contributed by atoms with Crippen molar-refractivity contribution in [2.45, 2.75) is 19.3 Å². The molecule has 0 radical (unpaired) electrons. The minimum absolute atomic E-state index is 0.0303. The number of ether oxygens (including phenoxy) is 5. The van der Waals surface area contributed by atoms with Gasteiger partial charge in [-0.15, -0.1) is 0 Å². The molecule has 0 spiro atoms. The fraction of sp³-hybridized carbons (Fsp3) is 0.333. The van der Waals surface area contributed by atoms with Crippen molar-refractivity contribution in [2.24, 2.45) is 0 Å². The standard InChI is InChI=1S/C27H32O8/c1-6-12-33-19-16-21(20(8-3)27(30)32-5)25(24(17-19)34-13-7-2)26(29)18-9-10-22(31-4)23(15-18)35-14-11-28/h6-7,9-10,15-17,20,28H,1-2,8,11-14H2,3-5H3. The maximum atomic E-state index is 13.9. The SMILES string of the molecule is C=CCOc1cc(OCC=C)c(C(=O)c2ccc(OC)c(OCCO)c2)c(C(CC)C(=O)OC)c1. The van der Waals surface area contributed by atoms with Crippen LogP contribution in [0.2, 0.25) is 0 Å². The molecule has 2 aromatic rings. The van der Waals surface area contributed by atoms with E-state index in [1.54, 1.807) is 36.4 Å². The predicted octanol–water partition coefficient (Wildman–Crippen LogP) is 4.09. The molecular weight excluding hydrogens is 452 g/mol. The van der Waals surface area contributed by atoms with E-state index < -0.39 is 17.7 Å². The average molecular weight is 485 g/mol. The van der Waals surface area contributed by atoms with Gasteiger partial charge in [0.05, 0.1) is 32.3 Å². The molecular formula is C27H32O8.